The highest BCUT2D eigenvalue weighted by Crippen LogP contribution is 2.12. The van der Waals surface area contributed by atoms with Crippen LogP contribution in [0.2, 0.25) is 0 Å². The molecule has 2 heterocycles. The van der Waals surface area contributed by atoms with Crippen molar-refractivity contribution < 1.29 is 14.3 Å². The maximum absolute atomic E-state index is 12.0. The van der Waals surface area contributed by atoms with Gasteiger partial charge in [-0.1, -0.05) is 6.07 Å². The second kappa shape index (κ2) is 7.96. The first kappa shape index (κ1) is 18.7. The largest absolute Gasteiger partial charge is 0.444 e. The summed E-state index contributed by atoms with van der Waals surface area (Å²) in [6.45, 7) is 7.64. The van der Waals surface area contributed by atoms with Crippen LogP contribution in [-0.4, -0.2) is 38.7 Å². The van der Waals surface area contributed by atoms with Gasteiger partial charge in [0, 0.05) is 19.2 Å². The van der Waals surface area contributed by atoms with Crippen LogP contribution in [0.15, 0.2) is 24.4 Å². The van der Waals surface area contributed by atoms with Gasteiger partial charge in [0.2, 0.25) is 5.91 Å². The minimum atomic E-state index is -0.530. The molecule has 0 saturated heterocycles. The molecule has 0 aliphatic rings. The SMILES string of the molecule is CC(NC(=O)CCCNC(=O)OC(C)(C)C)c1nnc2ccccn12. The second-order valence-electron chi connectivity index (χ2n) is 6.81. The lowest BCUT2D eigenvalue weighted by atomic mass is 10.2. The smallest absolute Gasteiger partial charge is 0.407 e. The first-order chi connectivity index (χ1) is 11.8. The number of nitrogens with zero attached hydrogens (tertiary/aromatic N) is 3. The van der Waals surface area contributed by atoms with Gasteiger partial charge in [0.1, 0.15) is 5.60 Å². The number of nitrogens with one attached hydrogen (secondary N) is 2. The maximum atomic E-state index is 12.0. The average molecular weight is 347 g/mol. The van der Waals surface area contributed by atoms with Crippen molar-refractivity contribution in [3.05, 3.63) is 30.2 Å². The topological polar surface area (TPSA) is 97.6 Å². The number of carbonyl (C=O) groups is 2. The lowest BCUT2D eigenvalue weighted by molar-refractivity contribution is -0.121. The highest BCUT2D eigenvalue weighted by molar-refractivity contribution is 5.76. The van der Waals surface area contributed by atoms with E-state index in [2.05, 4.69) is 20.8 Å². The van der Waals surface area contributed by atoms with Crippen LogP contribution in [0.5, 0.6) is 0 Å². The Kier molecular flexibility index (Phi) is 5.95. The number of pyridine rings is 1. The number of hydrogen-bond donors (Lipinski definition) is 2. The molecule has 0 fully saturated rings. The molecule has 8 heteroatoms. The molecule has 2 aromatic heterocycles. The van der Waals surface area contributed by atoms with E-state index in [1.165, 1.54) is 0 Å². The normalized spacial score (nSPS) is 12.6. The Balaban J connectivity index is 1.74. The molecular formula is C17H25N5O3. The van der Waals surface area contributed by atoms with Crippen LogP contribution in [0.3, 0.4) is 0 Å². The van der Waals surface area contributed by atoms with Crippen LogP contribution in [0.4, 0.5) is 4.79 Å². The van der Waals surface area contributed by atoms with Gasteiger partial charge in [0.05, 0.1) is 6.04 Å². The van der Waals surface area contributed by atoms with E-state index in [0.717, 1.165) is 5.65 Å². The lowest BCUT2D eigenvalue weighted by Crippen LogP contribution is -2.33. The Morgan fingerprint density at radius 1 is 1.28 bits per heavy atom. The summed E-state index contributed by atoms with van der Waals surface area (Å²) < 4.78 is 6.97. The van der Waals surface area contributed by atoms with Crippen LogP contribution in [0.25, 0.3) is 5.65 Å². The summed E-state index contributed by atoms with van der Waals surface area (Å²) in [4.78, 5) is 23.6. The molecule has 0 aromatic carbocycles. The van der Waals surface area contributed by atoms with Gasteiger partial charge in [-0.3, -0.25) is 9.20 Å². The third-order valence-electron chi connectivity index (χ3n) is 3.35. The molecule has 2 N–H and O–H groups in total. The highest BCUT2D eigenvalue weighted by Gasteiger charge is 2.17. The van der Waals surface area contributed by atoms with Crippen LogP contribution in [0.1, 0.15) is 52.4 Å². The number of rotatable bonds is 6. The van der Waals surface area contributed by atoms with Crippen LogP contribution >= 0.6 is 0 Å². The highest BCUT2D eigenvalue weighted by atomic mass is 16.6. The van der Waals surface area contributed by atoms with Crippen molar-refractivity contribution in [3.8, 4) is 0 Å². The van der Waals surface area contributed by atoms with E-state index in [9.17, 15) is 9.59 Å². The number of ether oxygens (including phenoxy) is 1. The molecule has 0 radical (unpaired) electrons. The second-order valence-corrected chi connectivity index (χ2v) is 6.81. The third kappa shape index (κ3) is 5.74. The number of fused-ring (bicyclic) bond motifs is 1. The molecule has 2 rings (SSSR count). The summed E-state index contributed by atoms with van der Waals surface area (Å²) in [6.07, 6.45) is 2.21. The maximum Gasteiger partial charge on any atom is 0.407 e. The van der Waals surface area contributed by atoms with Gasteiger partial charge < -0.3 is 15.4 Å². The van der Waals surface area contributed by atoms with E-state index in [0.29, 0.717) is 25.2 Å². The zero-order valence-electron chi connectivity index (χ0n) is 15.1. The van der Waals surface area contributed by atoms with Gasteiger partial charge in [0.25, 0.3) is 0 Å². The molecule has 1 atom stereocenters. The fourth-order valence-corrected chi connectivity index (χ4v) is 2.29. The number of alkyl carbamates (subject to hydrolysis) is 1. The fourth-order valence-electron chi connectivity index (χ4n) is 2.29. The Labute approximate surface area is 147 Å². The molecule has 25 heavy (non-hydrogen) atoms. The average Bonchev–Trinajstić information content (AvgIpc) is 2.94. The molecule has 0 aliphatic heterocycles. The molecule has 2 aromatic rings. The molecule has 2 amide bonds. The number of amides is 2. The Bertz CT molecular complexity index is 735. The monoisotopic (exact) mass is 347 g/mol. The lowest BCUT2D eigenvalue weighted by Gasteiger charge is -2.19. The molecule has 8 nitrogen and oxygen atoms in total. The van der Waals surface area contributed by atoms with Gasteiger partial charge in [0.15, 0.2) is 11.5 Å². The quantitative estimate of drug-likeness (QED) is 0.781. The standard InChI is InChI=1S/C17H25N5O3/c1-12(15-21-20-13-8-5-6-11-22(13)15)19-14(23)9-7-10-18-16(24)25-17(2,3)4/h5-6,8,11-12H,7,9-10H2,1-4H3,(H,18,24)(H,19,23). The summed E-state index contributed by atoms with van der Waals surface area (Å²) in [5.74, 6) is 0.571. The van der Waals surface area contributed by atoms with Gasteiger partial charge in [-0.05, 0) is 46.2 Å². The van der Waals surface area contributed by atoms with Crippen molar-refractivity contribution in [2.75, 3.05) is 6.54 Å². The van der Waals surface area contributed by atoms with E-state index in [-0.39, 0.29) is 11.9 Å². The molecule has 136 valence electrons. The third-order valence-corrected chi connectivity index (χ3v) is 3.35. The van der Waals surface area contributed by atoms with Crippen molar-refractivity contribution >= 4 is 17.6 Å². The zero-order chi connectivity index (χ0) is 18.4. The van der Waals surface area contributed by atoms with Crippen LogP contribution in [-0.2, 0) is 9.53 Å². The van der Waals surface area contributed by atoms with Crippen molar-refractivity contribution in [3.63, 3.8) is 0 Å². The van der Waals surface area contributed by atoms with E-state index in [4.69, 9.17) is 4.74 Å². The molecule has 0 saturated carbocycles. The first-order valence-corrected chi connectivity index (χ1v) is 8.32. The molecule has 0 bridgehead atoms. The van der Waals surface area contributed by atoms with E-state index in [1.54, 1.807) is 20.8 Å². The summed E-state index contributed by atoms with van der Waals surface area (Å²) in [6, 6.07) is 5.36. The number of hydrogen-bond acceptors (Lipinski definition) is 5. The summed E-state index contributed by atoms with van der Waals surface area (Å²) in [7, 11) is 0. The van der Waals surface area contributed by atoms with E-state index < -0.39 is 11.7 Å². The minimum absolute atomic E-state index is 0.105. The Morgan fingerprint density at radius 2 is 2.04 bits per heavy atom. The number of carbonyl (C=O) groups excluding carboxylic acids is 2. The van der Waals surface area contributed by atoms with Crippen LogP contribution < -0.4 is 10.6 Å². The molecule has 0 spiro atoms. The Hall–Kier alpha value is -2.64. The Morgan fingerprint density at radius 3 is 2.76 bits per heavy atom. The molecule has 0 aliphatic carbocycles. The van der Waals surface area contributed by atoms with Crippen LogP contribution in [0, 0.1) is 0 Å². The first-order valence-electron chi connectivity index (χ1n) is 8.32. The van der Waals surface area contributed by atoms with Gasteiger partial charge >= 0.3 is 6.09 Å². The number of aromatic nitrogens is 3. The predicted octanol–water partition coefficient (Wildman–Crippen LogP) is 2.21. The van der Waals surface area contributed by atoms with E-state index in [1.807, 2.05) is 35.7 Å². The van der Waals surface area contributed by atoms with Crippen molar-refractivity contribution in [1.82, 2.24) is 25.2 Å². The van der Waals surface area contributed by atoms with Gasteiger partial charge in [-0.15, -0.1) is 10.2 Å². The summed E-state index contributed by atoms with van der Waals surface area (Å²) >= 11 is 0. The summed E-state index contributed by atoms with van der Waals surface area (Å²) in [5.41, 5.74) is 0.206. The molecule has 1 unspecified atom stereocenters. The predicted molar refractivity (Wildman–Crippen MR) is 93.0 cm³/mol. The van der Waals surface area contributed by atoms with Gasteiger partial charge in [-0.25, -0.2) is 4.79 Å². The molecular weight excluding hydrogens is 322 g/mol. The van der Waals surface area contributed by atoms with Crippen molar-refractivity contribution in [2.24, 2.45) is 0 Å². The minimum Gasteiger partial charge on any atom is -0.444 e. The fraction of sp³-hybridized carbons (Fsp3) is 0.529. The van der Waals surface area contributed by atoms with Crippen molar-refractivity contribution in [2.45, 2.75) is 52.2 Å². The van der Waals surface area contributed by atoms with E-state index >= 15 is 0 Å². The van der Waals surface area contributed by atoms with Gasteiger partial charge in [-0.2, -0.15) is 0 Å². The zero-order valence-corrected chi connectivity index (χ0v) is 15.1. The van der Waals surface area contributed by atoms with Crippen molar-refractivity contribution in [1.29, 1.82) is 0 Å². The summed E-state index contributed by atoms with van der Waals surface area (Å²) in [5, 5.41) is 13.7.